The maximum Gasteiger partial charge on any atom is 0.419 e. The number of likely N-dealkylation sites (tertiary alicyclic amines) is 1. The van der Waals surface area contributed by atoms with E-state index in [0.29, 0.717) is 37.2 Å². The van der Waals surface area contributed by atoms with Crippen LogP contribution in [0.1, 0.15) is 61.0 Å². The summed E-state index contributed by atoms with van der Waals surface area (Å²) in [5.41, 5.74) is 1.46. The Morgan fingerprint density at radius 2 is 1.71 bits per heavy atom. The van der Waals surface area contributed by atoms with E-state index in [1.165, 1.54) is 36.5 Å². The van der Waals surface area contributed by atoms with Crippen LogP contribution in [-0.4, -0.2) is 44.8 Å². The van der Waals surface area contributed by atoms with Gasteiger partial charge >= 0.3 is 6.09 Å². The monoisotopic (exact) mass is 604 g/mol. The minimum atomic E-state index is -2.21. The van der Waals surface area contributed by atoms with Crippen molar-refractivity contribution in [3.63, 3.8) is 0 Å². The fraction of sp³-hybridized carbons (Fsp3) is 0.345. The van der Waals surface area contributed by atoms with E-state index in [-0.39, 0.29) is 38.9 Å². The quantitative estimate of drug-likeness (QED) is 0.327. The lowest BCUT2D eigenvalue weighted by Gasteiger charge is -2.33. The average Bonchev–Trinajstić information content (AvgIpc) is 2.90. The zero-order valence-corrected chi connectivity index (χ0v) is 24.7. The van der Waals surface area contributed by atoms with Crippen LogP contribution in [0.25, 0.3) is 0 Å². The van der Waals surface area contributed by atoms with Crippen LogP contribution in [0.15, 0.2) is 53.7 Å². The van der Waals surface area contributed by atoms with Crippen LogP contribution in [-0.2, 0) is 15.7 Å². The third kappa shape index (κ3) is 7.59. The summed E-state index contributed by atoms with van der Waals surface area (Å²) in [7, 11) is -2.21. The number of aryl methyl sites for hydroxylation is 1. The summed E-state index contributed by atoms with van der Waals surface area (Å²) in [4.78, 5) is 31.8. The summed E-state index contributed by atoms with van der Waals surface area (Å²) >= 11 is 6.67. The summed E-state index contributed by atoms with van der Waals surface area (Å²) in [5, 5.41) is 2.75. The van der Waals surface area contributed by atoms with E-state index in [9.17, 15) is 22.6 Å². The third-order valence-electron chi connectivity index (χ3n) is 6.54. The number of piperidine rings is 1. The van der Waals surface area contributed by atoms with Gasteiger partial charge in [-0.05, 0) is 87.9 Å². The number of nitrogens with zero attached hydrogens (tertiary/aromatic N) is 2. The summed E-state index contributed by atoms with van der Waals surface area (Å²) in [6, 6.07) is 10.5. The molecule has 0 spiro atoms. The first-order valence-corrected chi connectivity index (χ1v) is 14.5. The molecule has 0 saturated carbocycles. The molecule has 1 atom stereocenters. The van der Waals surface area contributed by atoms with Crippen LogP contribution in [0.4, 0.5) is 25.0 Å². The highest BCUT2D eigenvalue weighted by Gasteiger charge is 2.29. The number of hydrogen-bond donors (Lipinski definition) is 2. The van der Waals surface area contributed by atoms with E-state index in [4.69, 9.17) is 16.3 Å². The number of hydrogen-bond acceptors (Lipinski definition) is 6. The fourth-order valence-corrected chi connectivity index (χ4v) is 5.64. The van der Waals surface area contributed by atoms with Gasteiger partial charge in [0.1, 0.15) is 22.3 Å². The minimum Gasteiger partial charge on any atom is -0.443 e. The topological polar surface area (TPSA) is 101 Å². The van der Waals surface area contributed by atoms with Gasteiger partial charge in [-0.25, -0.2) is 27.5 Å². The molecule has 2 aromatic carbocycles. The molecule has 4 rings (SSSR count). The van der Waals surface area contributed by atoms with Crippen LogP contribution in [0.3, 0.4) is 0 Å². The van der Waals surface area contributed by atoms with Crippen molar-refractivity contribution in [2.45, 2.75) is 57.1 Å². The van der Waals surface area contributed by atoms with Gasteiger partial charge < -0.3 is 15.0 Å². The van der Waals surface area contributed by atoms with Crippen LogP contribution >= 0.6 is 11.6 Å². The molecule has 41 heavy (non-hydrogen) atoms. The van der Waals surface area contributed by atoms with Crippen LogP contribution in [0, 0.1) is 18.6 Å². The molecule has 218 valence electrons. The molecule has 3 aromatic rings. The molecule has 12 heteroatoms. The number of aromatic nitrogens is 1. The number of benzene rings is 2. The standard InChI is InChI=1S/C29H31ClF2N4O4S/c1-17-15-21(32)9-10-23(17)34-25-22(16-33-26(24(25)30)41(39)35-28(38)40-29(2,3)4)27(37)36-13-11-19(12-14-36)18-5-7-20(31)8-6-18/h5-10,15-16,19H,11-14H2,1-4H3,(H,33,34)(H,35,38). The van der Waals surface area contributed by atoms with Crippen molar-refractivity contribution in [3.05, 3.63) is 82.0 Å². The Morgan fingerprint density at radius 3 is 2.32 bits per heavy atom. The van der Waals surface area contributed by atoms with Crippen molar-refractivity contribution in [1.29, 1.82) is 0 Å². The molecule has 1 aliphatic rings. The molecule has 0 bridgehead atoms. The highest BCUT2D eigenvalue weighted by Crippen LogP contribution is 2.36. The molecule has 1 aromatic heterocycles. The molecule has 1 aliphatic heterocycles. The van der Waals surface area contributed by atoms with Crippen molar-refractivity contribution in [2.24, 2.45) is 0 Å². The average molecular weight is 605 g/mol. The van der Waals surface area contributed by atoms with Crippen LogP contribution in [0.2, 0.25) is 5.02 Å². The first-order valence-electron chi connectivity index (χ1n) is 13.0. The largest absolute Gasteiger partial charge is 0.443 e. The zero-order chi connectivity index (χ0) is 29.9. The highest BCUT2D eigenvalue weighted by molar-refractivity contribution is 7.83. The van der Waals surface area contributed by atoms with Gasteiger partial charge in [0.2, 0.25) is 0 Å². The second-order valence-electron chi connectivity index (χ2n) is 10.7. The van der Waals surface area contributed by atoms with Gasteiger partial charge in [-0.1, -0.05) is 23.7 Å². The number of pyridine rings is 1. The smallest absolute Gasteiger partial charge is 0.419 e. The SMILES string of the molecule is Cc1cc(F)ccc1Nc1c(C(=O)N2CCC(c3ccc(F)cc3)CC2)cnc(S(=O)NC(=O)OC(C)(C)C)c1Cl. The first kappa shape index (κ1) is 30.4. The number of nitrogens with one attached hydrogen (secondary N) is 2. The van der Waals surface area contributed by atoms with Crippen molar-refractivity contribution in [1.82, 2.24) is 14.6 Å². The number of ether oxygens (including phenoxy) is 1. The molecule has 0 aliphatic carbocycles. The number of anilines is 2. The van der Waals surface area contributed by atoms with Crippen molar-refractivity contribution in [3.8, 4) is 0 Å². The number of halogens is 3. The molecular formula is C29H31ClF2N4O4S. The second-order valence-corrected chi connectivity index (χ2v) is 12.2. The summed E-state index contributed by atoms with van der Waals surface area (Å²) in [5.74, 6) is -0.897. The lowest BCUT2D eigenvalue weighted by atomic mass is 9.89. The maximum absolute atomic E-state index is 13.8. The number of amides is 2. The Labute approximate surface area is 245 Å². The van der Waals surface area contributed by atoms with E-state index in [1.54, 1.807) is 44.7 Å². The van der Waals surface area contributed by atoms with Gasteiger partial charge in [-0.15, -0.1) is 0 Å². The molecule has 2 amide bonds. The normalized spacial score (nSPS) is 14.9. The van der Waals surface area contributed by atoms with E-state index >= 15 is 0 Å². The Morgan fingerprint density at radius 1 is 1.07 bits per heavy atom. The van der Waals surface area contributed by atoms with Crippen molar-refractivity contribution in [2.75, 3.05) is 18.4 Å². The molecule has 2 N–H and O–H groups in total. The van der Waals surface area contributed by atoms with Gasteiger partial charge in [0, 0.05) is 25.0 Å². The highest BCUT2D eigenvalue weighted by atomic mass is 35.5. The van der Waals surface area contributed by atoms with Crippen LogP contribution in [0.5, 0.6) is 0 Å². The summed E-state index contributed by atoms with van der Waals surface area (Å²) in [6.45, 7) is 7.57. The first-order chi connectivity index (χ1) is 19.3. The summed E-state index contributed by atoms with van der Waals surface area (Å²) in [6.07, 6.45) is 1.69. The predicted molar refractivity (Wildman–Crippen MR) is 154 cm³/mol. The summed E-state index contributed by atoms with van der Waals surface area (Å²) < 4.78 is 47.5. The molecular weight excluding hydrogens is 574 g/mol. The Balaban J connectivity index is 1.62. The molecule has 1 fully saturated rings. The van der Waals surface area contributed by atoms with Crippen molar-refractivity contribution < 1.29 is 27.3 Å². The predicted octanol–water partition coefficient (Wildman–Crippen LogP) is 6.63. The van der Waals surface area contributed by atoms with E-state index in [0.717, 1.165) is 5.56 Å². The van der Waals surface area contributed by atoms with E-state index < -0.39 is 28.5 Å². The van der Waals surface area contributed by atoms with Crippen LogP contribution < -0.4 is 10.0 Å². The van der Waals surface area contributed by atoms with E-state index in [2.05, 4.69) is 15.0 Å². The fourth-order valence-electron chi connectivity index (χ4n) is 4.53. The lowest BCUT2D eigenvalue weighted by Crippen LogP contribution is -2.38. The maximum atomic E-state index is 13.8. The minimum absolute atomic E-state index is 0.122. The Bertz CT molecular complexity index is 1470. The Kier molecular flexibility index (Phi) is 9.28. The number of carbonyl (C=O) groups is 2. The molecule has 1 saturated heterocycles. The number of carbonyl (C=O) groups excluding carboxylic acids is 2. The van der Waals surface area contributed by atoms with Gasteiger partial charge in [-0.2, -0.15) is 0 Å². The van der Waals surface area contributed by atoms with Gasteiger partial charge in [-0.3, -0.25) is 4.79 Å². The zero-order valence-electron chi connectivity index (χ0n) is 23.1. The van der Waals surface area contributed by atoms with Gasteiger partial charge in [0.25, 0.3) is 5.91 Å². The van der Waals surface area contributed by atoms with Gasteiger partial charge in [0.05, 0.1) is 11.3 Å². The lowest BCUT2D eigenvalue weighted by molar-refractivity contribution is 0.0571. The van der Waals surface area contributed by atoms with Gasteiger partial charge in [0.15, 0.2) is 16.0 Å². The van der Waals surface area contributed by atoms with Crippen molar-refractivity contribution >= 4 is 46.0 Å². The van der Waals surface area contributed by atoms with E-state index in [1.807, 2.05) is 0 Å². The molecule has 8 nitrogen and oxygen atoms in total. The number of rotatable bonds is 6. The molecule has 2 heterocycles. The Hall–Kier alpha value is -3.57. The molecule has 1 unspecified atom stereocenters. The third-order valence-corrected chi connectivity index (χ3v) is 8.03. The molecule has 0 radical (unpaired) electrons. The second kappa shape index (κ2) is 12.5.